The van der Waals surface area contributed by atoms with Crippen LogP contribution < -0.4 is 5.32 Å². The number of ketones is 1. The number of Topliss-reactive ketones (excluding diaryl/α,β-unsaturated/α-hetero) is 1. The molecule has 1 aromatic carbocycles. The number of carbonyl (C=O) groups is 3. The van der Waals surface area contributed by atoms with Crippen molar-refractivity contribution in [3.63, 3.8) is 0 Å². The molecule has 3 aliphatic rings. The molecule has 1 saturated heterocycles. The molecular weight excluding hydrogens is 510 g/mol. The number of hydrogen-bond acceptors (Lipinski definition) is 5. The lowest BCUT2D eigenvalue weighted by Gasteiger charge is -2.27. The molecule has 3 aromatic rings. The van der Waals surface area contributed by atoms with Crippen molar-refractivity contribution in [1.29, 1.82) is 0 Å². The van der Waals surface area contributed by atoms with E-state index in [9.17, 15) is 14.4 Å². The lowest BCUT2D eigenvalue weighted by atomic mass is 10.00. The van der Waals surface area contributed by atoms with Crippen LogP contribution in [0.25, 0.3) is 10.9 Å². The molecule has 180 valence electrons. The van der Waals surface area contributed by atoms with Crippen LogP contribution in [0.5, 0.6) is 0 Å². The van der Waals surface area contributed by atoms with Gasteiger partial charge in [-0.15, -0.1) is 0 Å². The molecule has 3 atom stereocenters. The van der Waals surface area contributed by atoms with E-state index in [1.807, 2.05) is 24.3 Å². The highest BCUT2D eigenvalue weighted by atomic mass is 79.9. The van der Waals surface area contributed by atoms with Crippen molar-refractivity contribution in [3.05, 3.63) is 51.8 Å². The van der Waals surface area contributed by atoms with E-state index in [4.69, 9.17) is 0 Å². The summed E-state index contributed by atoms with van der Waals surface area (Å²) in [5.41, 5.74) is 3.17. The van der Waals surface area contributed by atoms with Crippen molar-refractivity contribution in [2.24, 2.45) is 5.41 Å². The Kier molecular flexibility index (Phi) is 5.11. The molecule has 2 aliphatic carbocycles. The fraction of sp³-hybridized carbons (Fsp3) is 0.423. The monoisotopic (exact) mass is 535 g/mol. The van der Waals surface area contributed by atoms with Crippen LogP contribution >= 0.6 is 15.9 Å². The van der Waals surface area contributed by atoms with Crippen molar-refractivity contribution in [2.75, 3.05) is 5.32 Å². The lowest BCUT2D eigenvalue weighted by molar-refractivity contribution is -0.138. The summed E-state index contributed by atoms with van der Waals surface area (Å²) in [7, 11) is 0. The van der Waals surface area contributed by atoms with E-state index in [0.717, 1.165) is 52.3 Å². The second-order valence-electron chi connectivity index (χ2n) is 10.3. The highest BCUT2D eigenvalue weighted by molar-refractivity contribution is 9.10. The van der Waals surface area contributed by atoms with Crippen LogP contribution in [-0.2, 0) is 29.0 Å². The summed E-state index contributed by atoms with van der Waals surface area (Å²) in [6, 6.07) is 8.96. The number of anilines is 1. The molecule has 35 heavy (non-hydrogen) atoms. The molecule has 1 aliphatic heterocycles. The highest BCUT2D eigenvalue weighted by Crippen LogP contribution is 2.59. The van der Waals surface area contributed by atoms with Gasteiger partial charge < -0.3 is 10.2 Å². The number of para-hydroxylation sites is 1. The minimum absolute atomic E-state index is 0.0221. The first-order chi connectivity index (χ1) is 16.7. The number of aryl methyl sites for hydroxylation is 2. The van der Waals surface area contributed by atoms with Crippen molar-refractivity contribution in [3.8, 4) is 0 Å². The number of pyridine rings is 1. The van der Waals surface area contributed by atoms with Crippen LogP contribution in [0.4, 0.5) is 5.82 Å². The van der Waals surface area contributed by atoms with Gasteiger partial charge in [0.25, 0.3) is 0 Å². The molecule has 9 heteroatoms. The number of rotatable bonds is 5. The Morgan fingerprint density at radius 2 is 2.00 bits per heavy atom. The number of fused-ring (bicyclic) bond motifs is 4. The molecule has 3 heterocycles. The first-order valence-corrected chi connectivity index (χ1v) is 12.8. The van der Waals surface area contributed by atoms with Crippen molar-refractivity contribution < 1.29 is 14.4 Å². The summed E-state index contributed by atoms with van der Waals surface area (Å²) < 4.78 is 2.41. The first-order valence-electron chi connectivity index (χ1n) is 12.0. The van der Waals surface area contributed by atoms with Crippen LogP contribution in [0, 0.1) is 5.41 Å². The molecule has 0 radical (unpaired) electrons. The Labute approximate surface area is 211 Å². The van der Waals surface area contributed by atoms with Crippen LogP contribution in [0.1, 0.15) is 54.9 Å². The quantitative estimate of drug-likeness (QED) is 0.499. The second-order valence-corrected chi connectivity index (χ2v) is 11.0. The number of carbonyl (C=O) groups excluding carboxylic acids is 3. The van der Waals surface area contributed by atoms with Crippen LogP contribution in [0.2, 0.25) is 0 Å². The number of halogens is 1. The molecule has 8 nitrogen and oxygen atoms in total. The Bertz CT molecular complexity index is 1420. The smallest absolute Gasteiger partial charge is 0.248 e. The molecule has 1 saturated carbocycles. The number of benzene rings is 1. The number of amides is 2. The predicted molar refractivity (Wildman–Crippen MR) is 134 cm³/mol. The molecule has 0 spiro atoms. The van der Waals surface area contributed by atoms with Gasteiger partial charge in [-0.05, 0) is 71.1 Å². The summed E-state index contributed by atoms with van der Waals surface area (Å²) in [6.45, 7) is 3.59. The van der Waals surface area contributed by atoms with E-state index < -0.39 is 6.04 Å². The third kappa shape index (κ3) is 3.67. The van der Waals surface area contributed by atoms with Crippen LogP contribution in [0.15, 0.2) is 34.8 Å². The normalized spacial score (nSPS) is 24.4. The molecule has 2 fully saturated rings. The number of likely N-dealkylation sites (tertiary alicyclic amines) is 1. The number of piperidine rings is 1. The van der Waals surface area contributed by atoms with Gasteiger partial charge in [0.05, 0.1) is 9.99 Å². The van der Waals surface area contributed by atoms with E-state index in [2.05, 4.69) is 44.3 Å². The minimum atomic E-state index is -0.566. The second kappa shape index (κ2) is 7.98. The third-order valence-electron chi connectivity index (χ3n) is 7.71. The van der Waals surface area contributed by atoms with Gasteiger partial charge in [-0.25, -0.2) is 4.98 Å². The Hall–Kier alpha value is -3.07. The maximum Gasteiger partial charge on any atom is 0.248 e. The topological polar surface area (TPSA) is 97.2 Å². The van der Waals surface area contributed by atoms with Crippen LogP contribution in [-0.4, -0.2) is 49.3 Å². The minimum Gasteiger partial charge on any atom is -0.325 e. The highest BCUT2D eigenvalue weighted by Gasteiger charge is 2.64. The van der Waals surface area contributed by atoms with Gasteiger partial charge in [0.15, 0.2) is 5.78 Å². The van der Waals surface area contributed by atoms with E-state index >= 15 is 0 Å². The van der Waals surface area contributed by atoms with Crippen LogP contribution in [0.3, 0.4) is 0 Å². The fourth-order valence-corrected chi connectivity index (χ4v) is 6.27. The van der Waals surface area contributed by atoms with E-state index in [0.29, 0.717) is 17.9 Å². The maximum absolute atomic E-state index is 13.6. The maximum atomic E-state index is 13.6. The largest absolute Gasteiger partial charge is 0.325 e. The van der Waals surface area contributed by atoms with Gasteiger partial charge in [-0.2, -0.15) is 5.10 Å². The Morgan fingerprint density at radius 3 is 2.80 bits per heavy atom. The summed E-state index contributed by atoms with van der Waals surface area (Å²) in [5, 5.41) is 8.17. The zero-order chi connectivity index (χ0) is 24.5. The summed E-state index contributed by atoms with van der Waals surface area (Å²) in [6.07, 6.45) is 4.42. The molecule has 0 unspecified atom stereocenters. The number of aromatic nitrogens is 3. The summed E-state index contributed by atoms with van der Waals surface area (Å²) >= 11 is 3.61. The molecule has 2 amide bonds. The molecule has 1 N–H and O–H groups in total. The van der Waals surface area contributed by atoms with E-state index in [1.165, 1.54) is 6.92 Å². The van der Waals surface area contributed by atoms with E-state index in [1.54, 1.807) is 9.58 Å². The first kappa shape index (κ1) is 22.4. The molecule has 2 bridgehead atoms. The van der Waals surface area contributed by atoms with Crippen molar-refractivity contribution >= 4 is 50.2 Å². The SMILES string of the molecule is CC(=O)c1nn(CC(=O)N2[C@H](C(=O)Nc3nc4cc(c3Br)CCC4)C[C@@]3(C)C[C@@H]23)c2ccccc12. The molecular formula is C26H26BrN5O3. The van der Waals surface area contributed by atoms with E-state index in [-0.39, 0.29) is 35.6 Å². The average molecular weight is 536 g/mol. The summed E-state index contributed by atoms with van der Waals surface area (Å²) in [5.74, 6) is 0.0126. The third-order valence-corrected chi connectivity index (χ3v) is 8.59. The van der Waals surface area contributed by atoms with Gasteiger partial charge in [0, 0.05) is 24.0 Å². The van der Waals surface area contributed by atoms with Gasteiger partial charge in [-0.3, -0.25) is 19.1 Å². The summed E-state index contributed by atoms with van der Waals surface area (Å²) in [4.78, 5) is 45.5. The number of nitrogens with one attached hydrogen (secondary N) is 1. The fourth-order valence-electron chi connectivity index (χ4n) is 5.77. The predicted octanol–water partition coefficient (Wildman–Crippen LogP) is 3.90. The van der Waals surface area contributed by atoms with Gasteiger partial charge in [-0.1, -0.05) is 25.1 Å². The Morgan fingerprint density at radius 1 is 1.20 bits per heavy atom. The standard InChI is InChI=1S/C26H26BrN5O3/c1-14(33)23-17-8-3-4-9-18(17)31(30-23)13-21(34)32-19(11-26(2)12-20(26)32)25(35)29-24-22(27)15-6-5-7-16(10-15)28-24/h3-4,8-10,19-20H,5-7,11-13H2,1-2H3,(H,28,29,35)/t19-,20+,26-/m0/s1. The van der Waals surface area contributed by atoms with Gasteiger partial charge in [0.2, 0.25) is 11.8 Å². The number of nitrogens with zero attached hydrogens (tertiary/aromatic N) is 4. The average Bonchev–Trinajstić information content (AvgIpc) is 3.19. The zero-order valence-corrected chi connectivity index (χ0v) is 21.3. The van der Waals surface area contributed by atoms with Gasteiger partial charge in [0.1, 0.15) is 24.1 Å². The van der Waals surface area contributed by atoms with Crippen molar-refractivity contribution in [2.45, 2.75) is 64.6 Å². The molecule has 6 rings (SSSR count). The molecule has 2 aromatic heterocycles. The van der Waals surface area contributed by atoms with Gasteiger partial charge >= 0.3 is 0 Å². The van der Waals surface area contributed by atoms with Crippen molar-refractivity contribution in [1.82, 2.24) is 19.7 Å². The lowest BCUT2D eigenvalue weighted by Crippen LogP contribution is -2.47. The number of hydrogen-bond donors (Lipinski definition) is 1. The zero-order valence-electron chi connectivity index (χ0n) is 19.7. The Balaban J connectivity index is 1.27.